The molecule has 0 nitrogen and oxygen atoms in total. The number of hydrogen-bond acceptors (Lipinski definition) is 0. The van der Waals surface area contributed by atoms with Crippen molar-refractivity contribution >= 4 is 22.9 Å². The van der Waals surface area contributed by atoms with Crippen LogP contribution in [-0.2, 0) is 6.32 Å². The normalized spacial score (nSPS) is 10.8. The van der Waals surface area contributed by atoms with Gasteiger partial charge < -0.3 is 12.9 Å². The van der Waals surface area contributed by atoms with Crippen molar-refractivity contribution in [3.63, 3.8) is 0 Å². The molecule has 0 atom stereocenters. The Morgan fingerprint density at radius 1 is 1.15 bits per heavy atom. The number of halogens is 4. The Morgan fingerprint density at radius 3 is 2.15 bits per heavy atom. The van der Waals surface area contributed by atoms with E-state index in [0.29, 0.717) is 10.0 Å². The van der Waals surface area contributed by atoms with Gasteiger partial charge in [-0.1, -0.05) is 46.0 Å². The van der Waals surface area contributed by atoms with Gasteiger partial charge in [0, 0.05) is 4.47 Å². The molecule has 1 rings (SSSR count). The van der Waals surface area contributed by atoms with Gasteiger partial charge in [0.2, 0.25) is 0 Å². The molecule has 0 aliphatic rings. The maximum Gasteiger partial charge on any atom is 1.00 e. The Bertz CT molecular complexity index is 277. The van der Waals surface area contributed by atoms with Gasteiger partial charge in [0.05, 0.1) is 0 Å². The molecule has 0 amide bonds. The van der Waals surface area contributed by atoms with E-state index in [2.05, 4.69) is 15.9 Å². The largest absolute Gasteiger partial charge is 1.00 e. The fourth-order valence-corrected chi connectivity index (χ4v) is 1.36. The Morgan fingerprint density at radius 2 is 1.69 bits per heavy atom. The Kier molecular flexibility index (Phi) is 6.47. The second-order valence-corrected chi connectivity index (χ2v) is 3.36. The minimum Gasteiger partial charge on any atom is -0.449 e. The van der Waals surface area contributed by atoms with Crippen molar-refractivity contribution in [2.75, 3.05) is 0 Å². The first kappa shape index (κ1) is 14.2. The van der Waals surface area contributed by atoms with E-state index in [1.54, 1.807) is 18.2 Å². The Balaban J connectivity index is 0.00000144. The monoisotopic (exact) mass is 276 g/mol. The van der Waals surface area contributed by atoms with E-state index < -0.39 is 13.3 Å². The summed E-state index contributed by atoms with van der Waals surface area (Å²) in [4.78, 5) is 0. The quantitative estimate of drug-likeness (QED) is 0.686. The summed E-state index contributed by atoms with van der Waals surface area (Å²) in [5, 5.41) is 0. The van der Waals surface area contributed by atoms with Crippen molar-refractivity contribution in [2.45, 2.75) is 6.32 Å². The summed E-state index contributed by atoms with van der Waals surface area (Å²) in [7, 11) is 0. The van der Waals surface area contributed by atoms with Gasteiger partial charge in [-0.05, 0) is 6.07 Å². The smallest absolute Gasteiger partial charge is 0.449 e. The van der Waals surface area contributed by atoms with Crippen LogP contribution in [0.1, 0.15) is 5.56 Å². The second kappa shape index (κ2) is 5.92. The van der Waals surface area contributed by atoms with Crippen LogP contribution in [0, 0.1) is 0 Å². The van der Waals surface area contributed by atoms with E-state index in [0.717, 1.165) is 0 Å². The molecule has 1 aromatic rings. The van der Waals surface area contributed by atoms with Gasteiger partial charge >= 0.3 is 58.4 Å². The van der Waals surface area contributed by atoms with Gasteiger partial charge in [0.25, 0.3) is 0 Å². The van der Waals surface area contributed by atoms with Gasteiger partial charge in [-0.25, -0.2) is 0 Å². The molecule has 0 N–H and O–H groups in total. The third kappa shape index (κ3) is 5.59. The molecule has 0 unspecified atom stereocenters. The van der Waals surface area contributed by atoms with Crippen LogP contribution in [0.15, 0.2) is 28.7 Å². The van der Waals surface area contributed by atoms with Crippen LogP contribution in [-0.4, -0.2) is 6.98 Å². The number of rotatable bonds is 2. The molecule has 0 aromatic heterocycles. The molecule has 0 aliphatic carbocycles. The predicted molar refractivity (Wildman–Crippen MR) is 46.9 cm³/mol. The average Bonchev–Trinajstić information content (AvgIpc) is 1.91. The van der Waals surface area contributed by atoms with Crippen molar-refractivity contribution in [3.8, 4) is 0 Å². The van der Waals surface area contributed by atoms with Gasteiger partial charge in [-0.15, -0.1) is 0 Å². The standard InChI is InChI=1S/C7H6BBrF3.K/c9-7-4-2-1-3-6(7)5-8(10,11)12;/h1-4H,5H2;/q-1;+1. The average molecular weight is 277 g/mol. The first-order chi connectivity index (χ1) is 5.49. The minimum absolute atomic E-state index is 0. The molecule has 0 spiro atoms. The van der Waals surface area contributed by atoms with Crippen molar-refractivity contribution in [3.05, 3.63) is 34.3 Å². The van der Waals surface area contributed by atoms with Crippen LogP contribution in [0.25, 0.3) is 0 Å². The molecule has 0 bridgehead atoms. The Labute approximate surface area is 126 Å². The second-order valence-electron chi connectivity index (χ2n) is 2.51. The topological polar surface area (TPSA) is 0 Å². The molecule has 0 aliphatic heterocycles. The van der Waals surface area contributed by atoms with E-state index in [4.69, 9.17) is 0 Å². The molecule has 0 radical (unpaired) electrons. The summed E-state index contributed by atoms with van der Waals surface area (Å²) in [6.45, 7) is -4.73. The first-order valence-electron chi connectivity index (χ1n) is 3.43. The fourth-order valence-electron chi connectivity index (χ4n) is 0.913. The van der Waals surface area contributed by atoms with Crippen LogP contribution in [0.3, 0.4) is 0 Å². The van der Waals surface area contributed by atoms with Crippen molar-refractivity contribution < 1.29 is 64.3 Å². The third-order valence-electron chi connectivity index (χ3n) is 1.41. The van der Waals surface area contributed by atoms with Crippen molar-refractivity contribution in [2.24, 2.45) is 0 Å². The third-order valence-corrected chi connectivity index (χ3v) is 2.18. The molecule has 0 saturated carbocycles. The predicted octanol–water partition coefficient (Wildman–Crippen LogP) is 0.382. The summed E-state index contributed by atoms with van der Waals surface area (Å²) in [6, 6.07) is 6.37. The fraction of sp³-hybridized carbons (Fsp3) is 0.143. The summed E-state index contributed by atoms with van der Waals surface area (Å²) >= 11 is 3.06. The molecule has 0 saturated heterocycles. The van der Waals surface area contributed by atoms with Crippen LogP contribution in [0.2, 0.25) is 0 Å². The molecular formula is C7H6BBrF3K. The van der Waals surface area contributed by atoms with Crippen LogP contribution in [0.5, 0.6) is 0 Å². The van der Waals surface area contributed by atoms with E-state index in [1.165, 1.54) is 6.07 Å². The molecule has 0 fully saturated rings. The molecule has 0 heterocycles. The molecular weight excluding hydrogens is 271 g/mol. The Hall–Kier alpha value is 1.19. The van der Waals surface area contributed by atoms with Crippen LogP contribution >= 0.6 is 15.9 Å². The summed E-state index contributed by atoms with van der Waals surface area (Å²) < 4.78 is 36.4. The van der Waals surface area contributed by atoms with Crippen LogP contribution < -0.4 is 51.4 Å². The zero-order valence-corrected chi connectivity index (χ0v) is 11.8. The summed E-state index contributed by atoms with van der Waals surface area (Å²) in [6.07, 6.45) is -0.818. The number of benzene rings is 1. The van der Waals surface area contributed by atoms with E-state index >= 15 is 0 Å². The molecule has 1 aromatic carbocycles. The maximum absolute atomic E-state index is 12.0. The zero-order valence-electron chi connectivity index (χ0n) is 7.11. The summed E-state index contributed by atoms with van der Waals surface area (Å²) in [5.41, 5.74) is 0.296. The van der Waals surface area contributed by atoms with E-state index in [9.17, 15) is 12.9 Å². The molecule has 13 heavy (non-hydrogen) atoms. The van der Waals surface area contributed by atoms with E-state index in [-0.39, 0.29) is 51.4 Å². The summed E-state index contributed by atoms with van der Waals surface area (Å²) in [5.74, 6) is 0. The van der Waals surface area contributed by atoms with Crippen LogP contribution in [0.4, 0.5) is 12.9 Å². The van der Waals surface area contributed by atoms with E-state index in [1.807, 2.05) is 0 Å². The first-order valence-corrected chi connectivity index (χ1v) is 4.23. The zero-order chi connectivity index (χ0) is 9.19. The van der Waals surface area contributed by atoms with Crippen molar-refractivity contribution in [1.82, 2.24) is 0 Å². The van der Waals surface area contributed by atoms with Gasteiger partial charge in [0.1, 0.15) is 0 Å². The van der Waals surface area contributed by atoms with Gasteiger partial charge in [0.15, 0.2) is 0 Å². The van der Waals surface area contributed by atoms with Gasteiger partial charge in [-0.2, -0.15) is 0 Å². The maximum atomic E-state index is 12.0. The van der Waals surface area contributed by atoms with Crippen molar-refractivity contribution in [1.29, 1.82) is 0 Å². The SMILES string of the molecule is F[B-](F)(F)Cc1ccccc1Br.[K+]. The molecule has 6 heteroatoms. The minimum atomic E-state index is -4.73. The number of hydrogen-bond donors (Lipinski definition) is 0. The molecule has 66 valence electrons. The van der Waals surface area contributed by atoms with Gasteiger partial charge in [-0.3, -0.25) is 0 Å².